The molecule has 0 aliphatic heterocycles. The maximum atomic E-state index is 12.9. The van der Waals surface area contributed by atoms with E-state index in [9.17, 15) is 9.50 Å². The van der Waals surface area contributed by atoms with Crippen LogP contribution in [0.5, 0.6) is 0 Å². The summed E-state index contributed by atoms with van der Waals surface area (Å²) >= 11 is 0. The lowest BCUT2D eigenvalue weighted by Crippen LogP contribution is -2.33. The van der Waals surface area contributed by atoms with Gasteiger partial charge in [-0.2, -0.15) is 0 Å². The van der Waals surface area contributed by atoms with Gasteiger partial charge in [-0.1, -0.05) is 26.0 Å². The molecule has 0 fully saturated rings. The molecule has 3 nitrogen and oxygen atoms in total. The predicted octanol–water partition coefficient (Wildman–Crippen LogP) is 3.29. The zero-order valence-corrected chi connectivity index (χ0v) is 13.5. The van der Waals surface area contributed by atoms with Crippen molar-refractivity contribution >= 4 is 0 Å². The Hall–Kier alpha value is -0.970. The predicted molar refractivity (Wildman–Crippen MR) is 83.7 cm³/mol. The van der Waals surface area contributed by atoms with E-state index in [1.54, 1.807) is 12.1 Å². The Bertz CT molecular complexity index is 394. The molecule has 0 bridgehead atoms. The van der Waals surface area contributed by atoms with Crippen LogP contribution in [0.4, 0.5) is 4.39 Å². The van der Waals surface area contributed by atoms with Crippen LogP contribution in [0.1, 0.15) is 45.7 Å². The summed E-state index contributed by atoms with van der Waals surface area (Å²) in [5, 5.41) is 13.2. The second-order valence-electron chi connectivity index (χ2n) is 6.11. The van der Waals surface area contributed by atoms with Crippen molar-refractivity contribution in [1.82, 2.24) is 5.32 Å². The molecule has 0 aromatic heterocycles. The second kappa shape index (κ2) is 9.13. The van der Waals surface area contributed by atoms with Gasteiger partial charge < -0.3 is 15.2 Å². The smallest absolute Gasteiger partial charge is 0.123 e. The van der Waals surface area contributed by atoms with Gasteiger partial charge >= 0.3 is 0 Å². The molecule has 0 radical (unpaired) electrons. The fourth-order valence-corrected chi connectivity index (χ4v) is 2.25. The molecule has 0 spiro atoms. The Morgan fingerprint density at radius 2 is 1.76 bits per heavy atom. The lowest BCUT2D eigenvalue weighted by molar-refractivity contribution is -0.00914. The summed E-state index contributed by atoms with van der Waals surface area (Å²) < 4.78 is 18.5. The quantitative estimate of drug-likeness (QED) is 0.735. The Balaban J connectivity index is 2.26. The Labute approximate surface area is 127 Å². The SMILES string of the molecule is CC(C)CC(C)OCC(O)CN[C@@H](C)c1ccc(F)cc1. The van der Waals surface area contributed by atoms with Crippen molar-refractivity contribution < 1.29 is 14.2 Å². The van der Waals surface area contributed by atoms with Gasteiger partial charge in [-0.05, 0) is 43.9 Å². The van der Waals surface area contributed by atoms with Gasteiger partial charge in [0.1, 0.15) is 5.82 Å². The first kappa shape index (κ1) is 18.1. The van der Waals surface area contributed by atoms with E-state index in [-0.39, 0.29) is 18.0 Å². The molecule has 0 heterocycles. The average Bonchev–Trinajstić information content (AvgIpc) is 2.42. The van der Waals surface area contributed by atoms with E-state index in [2.05, 4.69) is 19.2 Å². The van der Waals surface area contributed by atoms with E-state index in [1.807, 2.05) is 13.8 Å². The summed E-state index contributed by atoms with van der Waals surface area (Å²) in [5.41, 5.74) is 0.998. The van der Waals surface area contributed by atoms with Crippen molar-refractivity contribution in [2.45, 2.75) is 52.4 Å². The fraction of sp³-hybridized carbons (Fsp3) is 0.647. The maximum absolute atomic E-state index is 12.9. The molecule has 1 aromatic rings. The van der Waals surface area contributed by atoms with E-state index in [4.69, 9.17) is 4.74 Å². The van der Waals surface area contributed by atoms with E-state index < -0.39 is 6.10 Å². The van der Waals surface area contributed by atoms with Crippen LogP contribution in [0.25, 0.3) is 0 Å². The Morgan fingerprint density at radius 3 is 2.33 bits per heavy atom. The normalized spacial score (nSPS) is 16.0. The van der Waals surface area contributed by atoms with Crippen molar-refractivity contribution in [2.24, 2.45) is 5.92 Å². The number of ether oxygens (including phenoxy) is 1. The van der Waals surface area contributed by atoms with Crippen molar-refractivity contribution in [3.63, 3.8) is 0 Å². The summed E-state index contributed by atoms with van der Waals surface area (Å²) in [6, 6.07) is 6.45. The lowest BCUT2D eigenvalue weighted by Gasteiger charge is -2.20. The molecule has 0 amide bonds. The number of hydrogen-bond acceptors (Lipinski definition) is 3. The van der Waals surface area contributed by atoms with Gasteiger partial charge in [-0.25, -0.2) is 4.39 Å². The molecule has 0 aliphatic carbocycles. The van der Waals surface area contributed by atoms with Gasteiger partial charge in [0.05, 0.1) is 18.8 Å². The summed E-state index contributed by atoms with van der Waals surface area (Å²) in [6.07, 6.45) is 0.614. The number of benzene rings is 1. The van der Waals surface area contributed by atoms with E-state index >= 15 is 0 Å². The molecule has 2 N–H and O–H groups in total. The first-order valence-electron chi connectivity index (χ1n) is 7.67. The van der Waals surface area contributed by atoms with Gasteiger partial charge in [0.2, 0.25) is 0 Å². The standard InChI is InChI=1S/C17H28FNO2/c1-12(2)9-13(3)21-11-17(20)10-19-14(4)15-5-7-16(18)8-6-15/h5-8,12-14,17,19-20H,9-11H2,1-4H3/t13?,14-,17?/m0/s1. The largest absolute Gasteiger partial charge is 0.389 e. The minimum Gasteiger partial charge on any atom is -0.389 e. The molecule has 120 valence electrons. The number of halogens is 1. The number of hydrogen-bond donors (Lipinski definition) is 2. The maximum Gasteiger partial charge on any atom is 0.123 e. The van der Waals surface area contributed by atoms with Crippen LogP contribution in [-0.2, 0) is 4.74 Å². The van der Waals surface area contributed by atoms with Gasteiger partial charge in [-0.15, -0.1) is 0 Å². The lowest BCUT2D eigenvalue weighted by atomic mass is 10.1. The first-order chi connectivity index (χ1) is 9.88. The Morgan fingerprint density at radius 1 is 1.14 bits per heavy atom. The van der Waals surface area contributed by atoms with Gasteiger partial charge in [0.25, 0.3) is 0 Å². The van der Waals surface area contributed by atoms with Gasteiger partial charge in [0.15, 0.2) is 0 Å². The van der Waals surface area contributed by atoms with Crippen molar-refractivity contribution in [3.05, 3.63) is 35.6 Å². The average molecular weight is 297 g/mol. The molecule has 1 aromatic carbocycles. The highest BCUT2D eigenvalue weighted by molar-refractivity contribution is 5.19. The van der Waals surface area contributed by atoms with Gasteiger partial charge in [-0.3, -0.25) is 0 Å². The highest BCUT2D eigenvalue weighted by Crippen LogP contribution is 2.13. The number of rotatable bonds is 9. The molecule has 0 aliphatic rings. The molecule has 3 atom stereocenters. The number of aliphatic hydroxyl groups excluding tert-OH is 1. The minimum atomic E-state index is -0.539. The van der Waals surface area contributed by atoms with Crippen LogP contribution < -0.4 is 5.32 Å². The topological polar surface area (TPSA) is 41.5 Å². The number of nitrogens with one attached hydrogen (secondary N) is 1. The summed E-state index contributed by atoms with van der Waals surface area (Å²) in [6.45, 7) is 9.11. The van der Waals surface area contributed by atoms with Crippen molar-refractivity contribution in [2.75, 3.05) is 13.2 Å². The van der Waals surface area contributed by atoms with Crippen LogP contribution in [0, 0.1) is 11.7 Å². The molecule has 21 heavy (non-hydrogen) atoms. The summed E-state index contributed by atoms with van der Waals surface area (Å²) in [4.78, 5) is 0. The van der Waals surface area contributed by atoms with E-state index in [1.165, 1.54) is 12.1 Å². The van der Waals surface area contributed by atoms with E-state index in [0.717, 1.165) is 12.0 Å². The van der Waals surface area contributed by atoms with Crippen molar-refractivity contribution in [3.8, 4) is 0 Å². The first-order valence-corrected chi connectivity index (χ1v) is 7.67. The monoisotopic (exact) mass is 297 g/mol. The molecule has 0 saturated heterocycles. The highest BCUT2D eigenvalue weighted by Gasteiger charge is 2.11. The van der Waals surface area contributed by atoms with E-state index in [0.29, 0.717) is 19.1 Å². The van der Waals surface area contributed by atoms with Gasteiger partial charge in [0, 0.05) is 12.6 Å². The third-order valence-corrected chi connectivity index (χ3v) is 3.41. The van der Waals surface area contributed by atoms with Crippen molar-refractivity contribution in [1.29, 1.82) is 0 Å². The molecule has 0 saturated carbocycles. The van der Waals surface area contributed by atoms with Crippen LogP contribution in [0.15, 0.2) is 24.3 Å². The molecule has 4 heteroatoms. The third-order valence-electron chi connectivity index (χ3n) is 3.41. The Kier molecular flexibility index (Phi) is 7.86. The van der Waals surface area contributed by atoms with Crippen LogP contribution >= 0.6 is 0 Å². The third kappa shape index (κ3) is 7.55. The minimum absolute atomic E-state index is 0.0633. The molecule has 1 rings (SSSR count). The fourth-order valence-electron chi connectivity index (χ4n) is 2.25. The van der Waals surface area contributed by atoms with Crippen LogP contribution in [-0.4, -0.2) is 30.5 Å². The molecule has 2 unspecified atom stereocenters. The second-order valence-corrected chi connectivity index (χ2v) is 6.11. The van der Waals surface area contributed by atoms with Crippen LogP contribution in [0.3, 0.4) is 0 Å². The zero-order chi connectivity index (χ0) is 15.8. The molecular weight excluding hydrogens is 269 g/mol. The summed E-state index contributed by atoms with van der Waals surface area (Å²) in [7, 11) is 0. The highest BCUT2D eigenvalue weighted by atomic mass is 19.1. The van der Waals surface area contributed by atoms with Crippen LogP contribution in [0.2, 0.25) is 0 Å². The number of aliphatic hydroxyl groups is 1. The summed E-state index contributed by atoms with van der Waals surface area (Å²) in [5.74, 6) is 0.354. The molecular formula is C17H28FNO2. The zero-order valence-electron chi connectivity index (χ0n) is 13.5.